The monoisotopic (exact) mass is 196 g/mol. The van der Waals surface area contributed by atoms with E-state index in [1.54, 1.807) is 0 Å². The number of carbonyl (C=O) groups is 1. The minimum atomic E-state index is 0.107. The molecule has 0 aromatic rings. The van der Waals surface area contributed by atoms with Crippen LogP contribution < -0.4 is 0 Å². The van der Waals surface area contributed by atoms with Crippen LogP contribution in [0.5, 0.6) is 0 Å². The van der Waals surface area contributed by atoms with Gasteiger partial charge in [-0.05, 0) is 30.1 Å². The Bertz CT molecular complexity index is 313. The summed E-state index contributed by atoms with van der Waals surface area (Å²) in [5, 5.41) is 1.02. The smallest absolute Gasteiger partial charge is 0.134 e. The number of hydrogen-bond acceptors (Lipinski definition) is 1. The quantitative estimate of drug-likeness (QED) is 0.544. The molecule has 1 heterocycles. The van der Waals surface area contributed by atoms with Crippen molar-refractivity contribution in [2.45, 2.75) is 49.8 Å². The fraction of sp³-hybridized carbons (Fsp3) is 0.909. The summed E-state index contributed by atoms with van der Waals surface area (Å²) in [5.41, 5.74) is 0.470. The van der Waals surface area contributed by atoms with E-state index in [-0.39, 0.29) is 7.92 Å². The number of hydrogen-bond donors (Lipinski definition) is 0. The van der Waals surface area contributed by atoms with Crippen LogP contribution in [-0.4, -0.2) is 22.8 Å². The van der Waals surface area contributed by atoms with Gasteiger partial charge >= 0.3 is 0 Å². The molecule has 4 unspecified atom stereocenters. The van der Waals surface area contributed by atoms with Gasteiger partial charge in [0, 0.05) is 18.0 Å². The molecule has 3 rings (SSSR count). The van der Waals surface area contributed by atoms with Crippen molar-refractivity contribution in [3.05, 3.63) is 0 Å². The Morgan fingerprint density at radius 1 is 1.15 bits per heavy atom. The molecule has 0 N–H and O–H groups in total. The predicted octanol–water partition coefficient (Wildman–Crippen LogP) is 2.77. The highest BCUT2D eigenvalue weighted by molar-refractivity contribution is 7.62. The van der Waals surface area contributed by atoms with Gasteiger partial charge in [0.1, 0.15) is 5.78 Å². The summed E-state index contributed by atoms with van der Waals surface area (Å²) in [6.07, 6.45) is 4.52. The molecule has 4 atom stereocenters. The molecular formula is C11H17OP. The molecule has 0 bridgehead atoms. The molecule has 0 aromatic carbocycles. The van der Waals surface area contributed by atoms with E-state index < -0.39 is 0 Å². The highest BCUT2D eigenvalue weighted by atomic mass is 31.1. The van der Waals surface area contributed by atoms with Crippen molar-refractivity contribution in [3.63, 3.8) is 0 Å². The number of rotatable bonds is 0. The lowest BCUT2D eigenvalue weighted by molar-refractivity contribution is -0.118. The topological polar surface area (TPSA) is 17.1 Å². The van der Waals surface area contributed by atoms with Gasteiger partial charge < -0.3 is 0 Å². The van der Waals surface area contributed by atoms with Gasteiger partial charge in [0.15, 0.2) is 0 Å². The Morgan fingerprint density at radius 2 is 1.85 bits per heavy atom. The molecule has 0 aromatic heterocycles. The molecule has 3 fully saturated rings. The first-order chi connectivity index (χ1) is 5.96. The van der Waals surface area contributed by atoms with Crippen molar-refractivity contribution in [1.82, 2.24) is 0 Å². The SMILES string of the molecule is CP1C2(C)CCC23CC(=O)CC13C. The Hall–Kier alpha value is 0.100. The molecule has 1 saturated heterocycles. The van der Waals surface area contributed by atoms with Gasteiger partial charge in [-0.15, -0.1) is 0 Å². The van der Waals surface area contributed by atoms with E-state index >= 15 is 0 Å². The molecular weight excluding hydrogens is 179 g/mol. The van der Waals surface area contributed by atoms with Crippen LogP contribution in [0.15, 0.2) is 0 Å². The molecule has 13 heavy (non-hydrogen) atoms. The predicted molar refractivity (Wildman–Crippen MR) is 55.6 cm³/mol. The maximum atomic E-state index is 11.6. The first-order valence-corrected chi connectivity index (χ1v) is 7.01. The molecule has 0 amide bonds. The van der Waals surface area contributed by atoms with Gasteiger partial charge in [-0.25, -0.2) is 0 Å². The Kier molecular flexibility index (Phi) is 1.22. The molecule has 2 saturated carbocycles. The van der Waals surface area contributed by atoms with E-state index in [1.165, 1.54) is 12.8 Å². The summed E-state index contributed by atoms with van der Waals surface area (Å²) >= 11 is 0. The first kappa shape index (κ1) is 8.41. The summed E-state index contributed by atoms with van der Waals surface area (Å²) in [6, 6.07) is 0. The Balaban J connectivity index is 2.09. The number of carbonyl (C=O) groups excluding carboxylic acids is 1. The zero-order valence-corrected chi connectivity index (χ0v) is 9.58. The standard InChI is InChI=1S/C11H17OP/c1-9-4-5-11(9)7-8(12)6-10(11,2)13(9)3/h4-7H2,1-3H3. The van der Waals surface area contributed by atoms with E-state index in [4.69, 9.17) is 0 Å². The van der Waals surface area contributed by atoms with Crippen LogP contribution in [0.1, 0.15) is 39.5 Å². The van der Waals surface area contributed by atoms with E-state index in [2.05, 4.69) is 20.5 Å². The number of ketones is 1. The largest absolute Gasteiger partial charge is 0.300 e. The normalized spacial score (nSPS) is 63.6. The second-order valence-electron chi connectivity index (χ2n) is 5.58. The average Bonchev–Trinajstić information content (AvgIpc) is 2.35. The molecule has 72 valence electrons. The molecule has 2 aliphatic carbocycles. The van der Waals surface area contributed by atoms with Crippen molar-refractivity contribution in [2.24, 2.45) is 5.41 Å². The summed E-state index contributed by atoms with van der Waals surface area (Å²) in [7, 11) is 0.107. The van der Waals surface area contributed by atoms with Crippen molar-refractivity contribution in [3.8, 4) is 0 Å². The van der Waals surface area contributed by atoms with Crippen LogP contribution in [0.2, 0.25) is 0 Å². The highest BCUT2D eigenvalue weighted by Gasteiger charge is 2.80. The zero-order valence-electron chi connectivity index (χ0n) is 8.68. The summed E-state index contributed by atoms with van der Waals surface area (Å²) in [4.78, 5) is 11.6. The summed E-state index contributed by atoms with van der Waals surface area (Å²) in [5.74, 6) is 0.542. The van der Waals surface area contributed by atoms with Crippen LogP contribution in [0.3, 0.4) is 0 Å². The van der Waals surface area contributed by atoms with Crippen LogP contribution in [0.4, 0.5) is 0 Å². The Morgan fingerprint density at radius 3 is 2.31 bits per heavy atom. The van der Waals surface area contributed by atoms with Crippen molar-refractivity contribution >= 4 is 13.7 Å². The van der Waals surface area contributed by atoms with Crippen molar-refractivity contribution < 1.29 is 4.79 Å². The van der Waals surface area contributed by atoms with Gasteiger partial charge in [0.05, 0.1) is 0 Å². The maximum absolute atomic E-state index is 11.6. The molecule has 3 aliphatic rings. The third-order valence-electron chi connectivity index (χ3n) is 5.62. The van der Waals surface area contributed by atoms with Crippen LogP contribution in [0, 0.1) is 5.41 Å². The fourth-order valence-electron chi connectivity index (χ4n) is 4.48. The van der Waals surface area contributed by atoms with E-state index in [0.29, 0.717) is 21.5 Å². The molecule has 1 aliphatic heterocycles. The van der Waals surface area contributed by atoms with Gasteiger partial charge in [-0.3, -0.25) is 4.79 Å². The zero-order chi connectivity index (χ0) is 9.48. The lowest BCUT2D eigenvalue weighted by Crippen LogP contribution is -2.72. The van der Waals surface area contributed by atoms with Crippen molar-refractivity contribution in [2.75, 3.05) is 6.66 Å². The van der Waals surface area contributed by atoms with Gasteiger partial charge in [-0.2, -0.15) is 0 Å². The third-order valence-corrected chi connectivity index (χ3v) is 9.82. The van der Waals surface area contributed by atoms with E-state index in [9.17, 15) is 4.79 Å². The van der Waals surface area contributed by atoms with Gasteiger partial charge in [-0.1, -0.05) is 21.8 Å². The van der Waals surface area contributed by atoms with Gasteiger partial charge in [0.2, 0.25) is 0 Å². The third kappa shape index (κ3) is 0.556. The fourth-order valence-corrected chi connectivity index (χ4v) is 8.42. The Labute approximate surface area is 81.0 Å². The summed E-state index contributed by atoms with van der Waals surface area (Å²) < 4.78 is 0. The molecule has 2 heteroatoms. The maximum Gasteiger partial charge on any atom is 0.134 e. The van der Waals surface area contributed by atoms with Crippen LogP contribution >= 0.6 is 7.92 Å². The van der Waals surface area contributed by atoms with E-state index in [0.717, 1.165) is 12.8 Å². The first-order valence-electron chi connectivity index (χ1n) is 5.22. The minimum Gasteiger partial charge on any atom is -0.300 e. The van der Waals surface area contributed by atoms with Crippen LogP contribution in [-0.2, 0) is 4.79 Å². The summed E-state index contributed by atoms with van der Waals surface area (Å²) in [6.45, 7) is 7.23. The lowest BCUT2D eigenvalue weighted by atomic mass is 9.53. The second kappa shape index (κ2) is 1.89. The highest BCUT2D eigenvalue weighted by Crippen LogP contribution is 2.91. The number of Topliss-reactive ketones (excluding diaryl/α,β-unsaturated/α-hetero) is 1. The van der Waals surface area contributed by atoms with Crippen molar-refractivity contribution in [1.29, 1.82) is 0 Å². The van der Waals surface area contributed by atoms with E-state index in [1.807, 2.05) is 0 Å². The lowest BCUT2D eigenvalue weighted by Gasteiger charge is -2.78. The van der Waals surface area contributed by atoms with Crippen LogP contribution in [0.25, 0.3) is 0 Å². The molecule has 1 spiro atoms. The minimum absolute atomic E-state index is 0.107. The second-order valence-corrected chi connectivity index (χ2v) is 8.67. The average molecular weight is 196 g/mol. The van der Waals surface area contributed by atoms with Gasteiger partial charge in [0.25, 0.3) is 0 Å². The molecule has 1 nitrogen and oxygen atoms in total. The molecule has 0 radical (unpaired) electrons.